The van der Waals surface area contributed by atoms with E-state index >= 15 is 4.39 Å². The molecule has 0 N–H and O–H groups in total. The van der Waals surface area contributed by atoms with E-state index in [1.807, 2.05) is 25.1 Å². The van der Waals surface area contributed by atoms with Gasteiger partial charge in [0.1, 0.15) is 22.1 Å². The maximum absolute atomic E-state index is 15.2. The van der Waals surface area contributed by atoms with E-state index < -0.39 is 47.0 Å². The number of aromatic nitrogens is 1. The number of rotatable bonds is 5. The van der Waals surface area contributed by atoms with Gasteiger partial charge in [-0.25, -0.2) is 22.5 Å². The number of nitrogens with zero attached hydrogens (tertiary/aromatic N) is 1. The Morgan fingerprint density at radius 1 is 0.875 bits per heavy atom. The topological polar surface area (TPSA) is 40.6 Å². The van der Waals surface area contributed by atoms with Crippen molar-refractivity contribution in [3.8, 4) is 16.3 Å². The van der Waals surface area contributed by atoms with E-state index in [2.05, 4.69) is 9.72 Å². The lowest BCUT2D eigenvalue weighted by Crippen LogP contribution is -2.24. The molecule has 1 saturated heterocycles. The molecule has 0 unspecified atom stereocenters. The van der Waals surface area contributed by atoms with Crippen molar-refractivity contribution in [2.45, 2.75) is 19.3 Å². The molecule has 4 aromatic carbocycles. The second-order valence-corrected chi connectivity index (χ2v) is 10.6. The van der Waals surface area contributed by atoms with Crippen molar-refractivity contribution in [3.63, 3.8) is 0 Å². The van der Waals surface area contributed by atoms with Gasteiger partial charge < -0.3 is 14.2 Å². The van der Waals surface area contributed by atoms with E-state index in [1.54, 1.807) is 12.1 Å². The first-order valence-electron chi connectivity index (χ1n) is 12.2. The molecule has 206 valence electrons. The largest absolute Gasteiger partial charge is 0.429 e. The lowest BCUT2D eigenvalue weighted by Gasteiger charge is -2.27. The van der Waals surface area contributed by atoms with Crippen LogP contribution in [0.5, 0.6) is 5.75 Å². The predicted molar refractivity (Wildman–Crippen MR) is 137 cm³/mol. The van der Waals surface area contributed by atoms with Crippen molar-refractivity contribution in [1.29, 1.82) is 0 Å². The molecule has 0 aliphatic carbocycles. The van der Waals surface area contributed by atoms with Crippen molar-refractivity contribution in [2.75, 3.05) is 13.2 Å². The molecule has 0 bridgehead atoms. The number of halogens is 6. The van der Waals surface area contributed by atoms with Gasteiger partial charge in [-0.3, -0.25) is 0 Å². The Labute approximate surface area is 227 Å². The highest BCUT2D eigenvalue weighted by Crippen LogP contribution is 2.39. The Morgan fingerprint density at radius 3 is 2.33 bits per heavy atom. The Balaban J connectivity index is 1.29. The summed E-state index contributed by atoms with van der Waals surface area (Å²) >= 11 is 1.41. The Hall–Kier alpha value is -3.67. The molecule has 1 aliphatic heterocycles. The minimum atomic E-state index is -4.30. The molecule has 40 heavy (non-hydrogen) atoms. The van der Waals surface area contributed by atoms with Crippen LogP contribution in [0, 0.1) is 29.2 Å². The average Bonchev–Trinajstić information content (AvgIpc) is 3.35. The van der Waals surface area contributed by atoms with Gasteiger partial charge in [-0.1, -0.05) is 31.2 Å². The molecule has 0 atom stereocenters. The highest BCUT2D eigenvalue weighted by molar-refractivity contribution is 7.21. The lowest BCUT2D eigenvalue weighted by molar-refractivity contribution is -0.202. The van der Waals surface area contributed by atoms with Gasteiger partial charge in [-0.05, 0) is 29.7 Å². The Bertz CT molecular complexity index is 1730. The molecule has 0 radical (unpaired) electrons. The third-order valence-electron chi connectivity index (χ3n) is 6.47. The van der Waals surface area contributed by atoms with Crippen LogP contribution >= 0.6 is 11.3 Å². The van der Waals surface area contributed by atoms with E-state index in [4.69, 9.17) is 9.47 Å². The minimum Gasteiger partial charge on any atom is -0.429 e. The van der Waals surface area contributed by atoms with Crippen LogP contribution in [0.4, 0.5) is 26.3 Å². The van der Waals surface area contributed by atoms with Crippen molar-refractivity contribution in [3.05, 3.63) is 95.1 Å². The van der Waals surface area contributed by atoms with Gasteiger partial charge in [0.05, 0.1) is 23.4 Å². The number of fused-ring (bicyclic) bond motifs is 2. The maximum atomic E-state index is 15.2. The number of alkyl halides is 2. The van der Waals surface area contributed by atoms with Gasteiger partial charge >= 0.3 is 6.11 Å². The molecule has 1 fully saturated rings. The van der Waals surface area contributed by atoms with Crippen LogP contribution in [0.25, 0.3) is 31.6 Å². The average molecular weight is 576 g/mol. The molecule has 1 aromatic heterocycles. The van der Waals surface area contributed by atoms with Gasteiger partial charge in [-0.15, -0.1) is 11.3 Å². The molecule has 5 aromatic rings. The van der Waals surface area contributed by atoms with E-state index in [0.29, 0.717) is 35.1 Å². The number of thiazole rings is 1. The van der Waals surface area contributed by atoms with Gasteiger partial charge in [0.15, 0.2) is 23.7 Å². The maximum Gasteiger partial charge on any atom is 0.429 e. The van der Waals surface area contributed by atoms with E-state index in [0.717, 1.165) is 21.8 Å². The first kappa shape index (κ1) is 26.5. The fourth-order valence-electron chi connectivity index (χ4n) is 4.45. The summed E-state index contributed by atoms with van der Waals surface area (Å²) in [5.74, 6) is -7.20. The van der Waals surface area contributed by atoms with Gasteiger partial charge in [0, 0.05) is 34.6 Å². The second-order valence-electron chi connectivity index (χ2n) is 9.53. The summed E-state index contributed by atoms with van der Waals surface area (Å²) in [6, 6.07) is 12.9. The Kier molecular flexibility index (Phi) is 6.68. The summed E-state index contributed by atoms with van der Waals surface area (Å²) in [5.41, 5.74) is 1.13. The highest BCUT2D eigenvalue weighted by Gasteiger charge is 2.39. The Morgan fingerprint density at radius 2 is 1.60 bits per heavy atom. The summed E-state index contributed by atoms with van der Waals surface area (Å²) < 4.78 is 102. The molecular weight excluding hydrogens is 556 g/mol. The predicted octanol–water partition coefficient (Wildman–Crippen LogP) is 8.48. The molecule has 0 amide bonds. The number of benzene rings is 4. The monoisotopic (exact) mass is 575 g/mol. The smallest absolute Gasteiger partial charge is 0.429 e. The lowest BCUT2D eigenvalue weighted by atomic mass is 10.0. The molecule has 11 heteroatoms. The van der Waals surface area contributed by atoms with Crippen molar-refractivity contribution >= 4 is 32.3 Å². The zero-order chi connectivity index (χ0) is 28.2. The zero-order valence-corrected chi connectivity index (χ0v) is 21.5. The molecule has 6 rings (SSSR count). The first-order valence-corrected chi connectivity index (χ1v) is 13.0. The van der Waals surface area contributed by atoms with Crippen molar-refractivity contribution in [2.24, 2.45) is 5.92 Å². The standard InChI is InChI=1S/C29H19F6NO3S/c1-14-12-37-28(38-13-14)17-4-7-23-24(9-17)40-27(36-23)16-2-5-19-15(8-16)3-6-20(25(19)32)29(34,35)39-18-10-21(30)26(33)22(31)11-18/h2-11,14,28H,12-13H2,1H3. The summed E-state index contributed by atoms with van der Waals surface area (Å²) in [6.07, 6.45) is -4.76. The third kappa shape index (κ3) is 4.89. The highest BCUT2D eigenvalue weighted by atomic mass is 32.1. The quantitative estimate of drug-likeness (QED) is 0.156. The van der Waals surface area contributed by atoms with Crippen molar-refractivity contribution in [1.82, 2.24) is 4.98 Å². The summed E-state index contributed by atoms with van der Waals surface area (Å²) in [4.78, 5) is 4.65. The van der Waals surface area contributed by atoms with Crippen LogP contribution < -0.4 is 4.74 Å². The normalized spacial score (nSPS) is 18.0. The molecule has 4 nitrogen and oxygen atoms in total. The fraction of sp³-hybridized carbons (Fsp3) is 0.207. The van der Waals surface area contributed by atoms with Crippen LogP contribution in [-0.2, 0) is 15.6 Å². The molecular formula is C29H19F6NO3S. The van der Waals surface area contributed by atoms with Crippen molar-refractivity contribution < 1.29 is 40.6 Å². The van der Waals surface area contributed by atoms with Crippen LogP contribution in [0.2, 0.25) is 0 Å². The second kappa shape index (κ2) is 10.1. The van der Waals surface area contributed by atoms with Crippen LogP contribution in [0.3, 0.4) is 0 Å². The molecule has 1 aliphatic rings. The number of hydrogen-bond acceptors (Lipinski definition) is 5. The molecule has 2 heterocycles. The van der Waals surface area contributed by atoms with Crippen LogP contribution in [0.15, 0.2) is 60.7 Å². The number of hydrogen-bond donors (Lipinski definition) is 0. The minimum absolute atomic E-state index is 0.120. The fourth-order valence-corrected chi connectivity index (χ4v) is 5.46. The third-order valence-corrected chi connectivity index (χ3v) is 7.53. The van der Waals surface area contributed by atoms with Crippen LogP contribution in [-0.4, -0.2) is 18.2 Å². The zero-order valence-electron chi connectivity index (χ0n) is 20.7. The number of ether oxygens (including phenoxy) is 3. The van der Waals surface area contributed by atoms with E-state index in [9.17, 15) is 22.0 Å². The van der Waals surface area contributed by atoms with Gasteiger partial charge in [0.25, 0.3) is 0 Å². The van der Waals surface area contributed by atoms with E-state index in [-0.39, 0.29) is 17.5 Å². The summed E-state index contributed by atoms with van der Waals surface area (Å²) in [7, 11) is 0. The first-order chi connectivity index (χ1) is 19.1. The van der Waals surface area contributed by atoms with Gasteiger partial charge in [0.2, 0.25) is 0 Å². The SMILES string of the molecule is CC1COC(c2ccc3nc(-c4ccc5c(F)c(C(F)(F)Oc6cc(F)c(F)c(F)c6)ccc5c4)sc3c2)OC1. The summed E-state index contributed by atoms with van der Waals surface area (Å²) in [5, 5.41) is 0.850. The summed E-state index contributed by atoms with van der Waals surface area (Å²) in [6.45, 7) is 3.25. The van der Waals surface area contributed by atoms with Gasteiger partial charge in [-0.2, -0.15) is 8.78 Å². The van der Waals surface area contributed by atoms with E-state index in [1.165, 1.54) is 23.5 Å². The van der Waals surface area contributed by atoms with Crippen LogP contribution in [0.1, 0.15) is 24.3 Å². The molecule has 0 spiro atoms. The molecule has 0 saturated carbocycles.